The average molecular weight is 276 g/mol. The first-order valence-electron chi connectivity index (χ1n) is 6.41. The minimum Gasteiger partial charge on any atom is -0.444 e. The molecule has 0 aromatic carbocycles. The van der Waals surface area contributed by atoms with E-state index >= 15 is 0 Å². The van der Waals surface area contributed by atoms with Crippen molar-refractivity contribution < 1.29 is 14.1 Å². The lowest BCUT2D eigenvalue weighted by Gasteiger charge is -2.34. The molecule has 1 aliphatic heterocycles. The van der Waals surface area contributed by atoms with Gasteiger partial charge in [0.25, 0.3) is 0 Å². The van der Waals surface area contributed by atoms with Crippen molar-refractivity contribution in [1.29, 1.82) is 0 Å². The van der Waals surface area contributed by atoms with Crippen molar-refractivity contribution in [3.05, 3.63) is 0 Å². The molecule has 1 heterocycles. The number of hydrogen-bond donors (Lipinski definition) is 1. The number of carbonyl (C=O) groups excluding carboxylic acids is 1. The molecule has 1 unspecified atom stereocenters. The molecule has 106 valence electrons. The number of amides is 1. The Morgan fingerprint density at radius 1 is 1.44 bits per heavy atom. The lowest BCUT2D eigenvalue weighted by molar-refractivity contribution is 0.0169. The van der Waals surface area contributed by atoms with Crippen LogP contribution in [-0.2, 0) is 9.26 Å². The van der Waals surface area contributed by atoms with Gasteiger partial charge in [-0.2, -0.15) is 0 Å². The van der Waals surface area contributed by atoms with Gasteiger partial charge in [0, 0.05) is 22.6 Å². The molecule has 0 radical (unpaired) electrons. The predicted octanol–water partition coefficient (Wildman–Crippen LogP) is 2.12. The smallest absolute Gasteiger partial charge is 0.410 e. The second-order valence-electron chi connectivity index (χ2n) is 5.82. The molecular formula is C12H25N2O3P. The van der Waals surface area contributed by atoms with Gasteiger partial charge in [-0.15, -0.1) is 0 Å². The summed E-state index contributed by atoms with van der Waals surface area (Å²) in [6, 6.07) is 0. The molecule has 1 rings (SSSR count). The molecular weight excluding hydrogens is 251 g/mol. The molecule has 1 saturated heterocycles. The standard InChI is InChI=1S/C12H25N2O3P/c1-12(2,3)16-11(15)14-6-4-9(5-7-14)8-10(13)17-18/h9-10H,4-8,13,18H2,1-3H3/t10-/m0/s1. The molecule has 1 aliphatic rings. The summed E-state index contributed by atoms with van der Waals surface area (Å²) < 4.78 is 10.3. The first-order chi connectivity index (χ1) is 8.31. The van der Waals surface area contributed by atoms with Crippen molar-refractivity contribution >= 4 is 15.6 Å². The van der Waals surface area contributed by atoms with Crippen LogP contribution in [0.3, 0.4) is 0 Å². The van der Waals surface area contributed by atoms with Crippen molar-refractivity contribution in [1.82, 2.24) is 4.90 Å². The van der Waals surface area contributed by atoms with E-state index in [9.17, 15) is 4.79 Å². The van der Waals surface area contributed by atoms with Gasteiger partial charge >= 0.3 is 6.09 Å². The van der Waals surface area contributed by atoms with Crippen molar-refractivity contribution in [2.45, 2.75) is 51.9 Å². The van der Waals surface area contributed by atoms with Crippen molar-refractivity contribution in [3.63, 3.8) is 0 Å². The average Bonchev–Trinajstić information content (AvgIpc) is 2.27. The van der Waals surface area contributed by atoms with Crippen LogP contribution in [0.4, 0.5) is 4.79 Å². The van der Waals surface area contributed by atoms with Gasteiger partial charge in [-0.25, -0.2) is 4.79 Å². The van der Waals surface area contributed by atoms with Gasteiger partial charge < -0.3 is 19.9 Å². The number of hydrogen-bond acceptors (Lipinski definition) is 4. The SMILES string of the molecule is CC(C)(C)OC(=O)N1CCC(C[C@@H](N)OP)CC1. The van der Waals surface area contributed by atoms with E-state index in [2.05, 4.69) is 9.47 Å². The Labute approximate surface area is 112 Å². The summed E-state index contributed by atoms with van der Waals surface area (Å²) in [6.45, 7) is 7.12. The molecule has 0 saturated carbocycles. The molecule has 1 amide bonds. The van der Waals surface area contributed by atoms with Crippen LogP contribution in [0, 0.1) is 5.92 Å². The second-order valence-corrected chi connectivity index (χ2v) is 6.09. The van der Waals surface area contributed by atoms with Crippen molar-refractivity contribution in [2.75, 3.05) is 13.1 Å². The molecule has 0 aromatic heterocycles. The molecule has 5 nitrogen and oxygen atoms in total. The topological polar surface area (TPSA) is 64.8 Å². The van der Waals surface area contributed by atoms with Crippen LogP contribution in [0.5, 0.6) is 0 Å². The lowest BCUT2D eigenvalue weighted by atomic mass is 9.93. The number of nitrogens with two attached hydrogens (primary N) is 1. The van der Waals surface area contributed by atoms with E-state index in [0.717, 1.165) is 32.4 Å². The Kier molecular flexibility index (Phi) is 5.83. The highest BCUT2D eigenvalue weighted by Crippen LogP contribution is 2.23. The van der Waals surface area contributed by atoms with Gasteiger partial charge in [-0.05, 0) is 46.0 Å². The van der Waals surface area contributed by atoms with Crippen LogP contribution in [-0.4, -0.2) is 35.9 Å². The van der Waals surface area contributed by atoms with Gasteiger partial charge in [0.2, 0.25) is 0 Å². The number of ether oxygens (including phenoxy) is 1. The summed E-state index contributed by atoms with van der Waals surface area (Å²) in [7, 11) is 2.19. The van der Waals surface area contributed by atoms with Crippen LogP contribution in [0.2, 0.25) is 0 Å². The normalized spacial score (nSPS) is 19.7. The van der Waals surface area contributed by atoms with E-state index in [1.807, 2.05) is 20.8 Å². The molecule has 0 aliphatic carbocycles. The third-order valence-electron chi connectivity index (χ3n) is 3.01. The maximum atomic E-state index is 11.8. The third-order valence-corrected chi connectivity index (χ3v) is 3.36. The molecule has 2 N–H and O–H groups in total. The summed E-state index contributed by atoms with van der Waals surface area (Å²) >= 11 is 0. The zero-order valence-corrected chi connectivity index (χ0v) is 12.7. The molecule has 0 spiro atoms. The molecule has 0 aromatic rings. The maximum absolute atomic E-state index is 11.8. The van der Waals surface area contributed by atoms with Crippen LogP contribution in [0.25, 0.3) is 0 Å². The van der Waals surface area contributed by atoms with E-state index < -0.39 is 5.60 Å². The third kappa shape index (κ3) is 5.51. The van der Waals surface area contributed by atoms with E-state index in [1.165, 1.54) is 0 Å². The Bertz CT molecular complexity index is 273. The summed E-state index contributed by atoms with van der Waals surface area (Å²) in [5.41, 5.74) is 5.31. The fourth-order valence-corrected chi connectivity index (χ4v) is 2.17. The highest BCUT2D eigenvalue weighted by atomic mass is 31.0. The first kappa shape index (κ1) is 15.7. The Morgan fingerprint density at radius 3 is 2.44 bits per heavy atom. The Balaban J connectivity index is 2.33. The molecule has 0 bridgehead atoms. The van der Waals surface area contributed by atoms with Crippen LogP contribution in [0.1, 0.15) is 40.0 Å². The van der Waals surface area contributed by atoms with Gasteiger partial charge in [-0.3, -0.25) is 0 Å². The zero-order valence-electron chi connectivity index (χ0n) is 11.5. The summed E-state index contributed by atoms with van der Waals surface area (Å²) in [4.78, 5) is 13.6. The largest absolute Gasteiger partial charge is 0.444 e. The number of nitrogens with zero attached hydrogens (tertiary/aromatic N) is 1. The fourth-order valence-electron chi connectivity index (χ4n) is 2.06. The van der Waals surface area contributed by atoms with Crippen LogP contribution < -0.4 is 5.73 Å². The Hall–Kier alpha value is -0.380. The lowest BCUT2D eigenvalue weighted by Crippen LogP contribution is -2.42. The van der Waals surface area contributed by atoms with Crippen LogP contribution >= 0.6 is 9.47 Å². The highest BCUT2D eigenvalue weighted by molar-refractivity contribution is 7.09. The molecule has 1 fully saturated rings. The predicted molar refractivity (Wildman–Crippen MR) is 73.9 cm³/mol. The molecule has 2 atom stereocenters. The monoisotopic (exact) mass is 276 g/mol. The van der Waals surface area contributed by atoms with E-state index in [4.69, 9.17) is 15.0 Å². The van der Waals surface area contributed by atoms with Crippen molar-refractivity contribution in [3.8, 4) is 0 Å². The van der Waals surface area contributed by atoms with E-state index in [-0.39, 0.29) is 12.3 Å². The van der Waals surface area contributed by atoms with Gasteiger partial charge in [-0.1, -0.05) is 0 Å². The summed E-state index contributed by atoms with van der Waals surface area (Å²) in [5.74, 6) is 0.527. The minimum atomic E-state index is -0.427. The van der Waals surface area contributed by atoms with Crippen LogP contribution in [0.15, 0.2) is 0 Å². The Morgan fingerprint density at radius 2 is 2.00 bits per heavy atom. The summed E-state index contributed by atoms with van der Waals surface area (Å²) in [6.07, 6.45) is 2.31. The van der Waals surface area contributed by atoms with E-state index in [1.54, 1.807) is 4.90 Å². The quantitative estimate of drug-likeness (QED) is 0.633. The van der Waals surface area contributed by atoms with Gasteiger partial charge in [0.1, 0.15) is 11.8 Å². The minimum absolute atomic E-state index is 0.215. The van der Waals surface area contributed by atoms with E-state index in [0.29, 0.717) is 5.92 Å². The zero-order chi connectivity index (χ0) is 13.8. The number of rotatable bonds is 3. The molecule has 6 heteroatoms. The van der Waals surface area contributed by atoms with Gasteiger partial charge in [0.05, 0.1) is 0 Å². The summed E-state index contributed by atoms with van der Waals surface area (Å²) in [5, 5.41) is 0. The molecule has 18 heavy (non-hydrogen) atoms. The fraction of sp³-hybridized carbons (Fsp3) is 0.917. The highest BCUT2D eigenvalue weighted by Gasteiger charge is 2.27. The first-order valence-corrected chi connectivity index (χ1v) is 6.88. The van der Waals surface area contributed by atoms with Gasteiger partial charge in [0.15, 0.2) is 0 Å². The number of carbonyl (C=O) groups is 1. The second kappa shape index (κ2) is 6.69. The van der Waals surface area contributed by atoms with Crippen molar-refractivity contribution in [2.24, 2.45) is 11.7 Å². The number of piperidine rings is 1. The number of likely N-dealkylation sites (tertiary alicyclic amines) is 1. The maximum Gasteiger partial charge on any atom is 0.410 e.